The molecule has 1 unspecified atom stereocenters. The van der Waals surface area contributed by atoms with Crippen molar-refractivity contribution in [3.63, 3.8) is 0 Å². The number of benzene rings is 1. The van der Waals surface area contributed by atoms with Gasteiger partial charge >= 0.3 is 0 Å². The second kappa shape index (κ2) is 9.48. The summed E-state index contributed by atoms with van der Waals surface area (Å²) in [5, 5.41) is 5.04. The molecule has 2 aromatic heterocycles. The minimum atomic E-state index is -0.374. The second-order valence-electron chi connectivity index (χ2n) is 7.65. The molecule has 1 aromatic carbocycles. The number of carbonyl (C=O) groups excluding carboxylic acids is 1. The van der Waals surface area contributed by atoms with Crippen molar-refractivity contribution >= 4 is 33.7 Å². The first-order valence-corrected chi connectivity index (χ1v) is 11.3. The number of para-hydroxylation sites is 1. The fraction of sp³-hybridized carbons (Fsp3) is 0.391. The maximum Gasteiger partial charge on any atom is 0.180 e. The highest BCUT2D eigenvalue weighted by molar-refractivity contribution is 7.08. The molecule has 0 spiro atoms. The van der Waals surface area contributed by atoms with Crippen molar-refractivity contribution in [2.24, 2.45) is 5.73 Å². The van der Waals surface area contributed by atoms with E-state index in [2.05, 4.69) is 39.0 Å². The van der Waals surface area contributed by atoms with E-state index in [-0.39, 0.29) is 11.8 Å². The topological polar surface area (TPSA) is 62.5 Å². The van der Waals surface area contributed by atoms with Crippen molar-refractivity contribution in [3.05, 3.63) is 58.9 Å². The molecule has 152 valence electrons. The third-order valence-corrected chi connectivity index (χ3v) is 6.40. The largest absolute Gasteiger partial charge is 0.368 e. The zero-order valence-electron chi connectivity index (χ0n) is 16.7. The number of rotatable bonds is 8. The van der Waals surface area contributed by atoms with E-state index < -0.39 is 0 Å². The van der Waals surface area contributed by atoms with Gasteiger partial charge in [0.15, 0.2) is 5.78 Å². The zero-order valence-corrected chi connectivity index (χ0v) is 17.5. The fourth-order valence-electron chi connectivity index (χ4n) is 4.02. The van der Waals surface area contributed by atoms with Gasteiger partial charge in [0.05, 0.1) is 11.6 Å². The van der Waals surface area contributed by atoms with Crippen molar-refractivity contribution in [3.8, 4) is 0 Å². The summed E-state index contributed by atoms with van der Waals surface area (Å²) < 4.78 is 0. The Hall–Kier alpha value is -2.28. The number of nitrogens with two attached hydrogens (primary N) is 1. The molecule has 0 bridgehead atoms. The Balaban J connectivity index is 1.21. The summed E-state index contributed by atoms with van der Waals surface area (Å²) in [6, 6.07) is 12.0. The van der Waals surface area contributed by atoms with E-state index in [0.717, 1.165) is 63.1 Å². The second-order valence-corrected chi connectivity index (χ2v) is 8.43. The number of pyridine rings is 1. The van der Waals surface area contributed by atoms with Gasteiger partial charge in [-0.1, -0.05) is 24.6 Å². The number of piperazine rings is 1. The summed E-state index contributed by atoms with van der Waals surface area (Å²) in [7, 11) is 0. The van der Waals surface area contributed by atoms with Crippen LogP contribution in [0.5, 0.6) is 0 Å². The molecular weight excluding hydrogens is 380 g/mol. The molecule has 5 nitrogen and oxygen atoms in total. The van der Waals surface area contributed by atoms with E-state index in [0.29, 0.717) is 0 Å². The average Bonchev–Trinajstić information content (AvgIpc) is 3.31. The molecule has 1 aliphatic heterocycles. The van der Waals surface area contributed by atoms with E-state index in [4.69, 9.17) is 5.73 Å². The Morgan fingerprint density at radius 2 is 1.93 bits per heavy atom. The van der Waals surface area contributed by atoms with Gasteiger partial charge in [-0.15, -0.1) is 0 Å². The van der Waals surface area contributed by atoms with Crippen LogP contribution in [0.3, 0.4) is 0 Å². The van der Waals surface area contributed by atoms with Crippen LogP contribution in [0.4, 0.5) is 5.69 Å². The Labute approximate surface area is 176 Å². The van der Waals surface area contributed by atoms with Gasteiger partial charge in [0, 0.05) is 54.4 Å². The fourth-order valence-corrected chi connectivity index (χ4v) is 4.66. The summed E-state index contributed by atoms with van der Waals surface area (Å²) in [4.78, 5) is 21.7. The van der Waals surface area contributed by atoms with Crippen LogP contribution in [0.2, 0.25) is 0 Å². The predicted molar refractivity (Wildman–Crippen MR) is 121 cm³/mol. The SMILES string of the molecule is NC(CCCCN1CCN(c2ccnc3ccccc23)CC1)C(=O)c1ccsc1. The van der Waals surface area contributed by atoms with E-state index in [1.807, 2.05) is 29.1 Å². The van der Waals surface area contributed by atoms with Crippen LogP contribution >= 0.6 is 11.3 Å². The van der Waals surface area contributed by atoms with Gasteiger partial charge in [0.2, 0.25) is 0 Å². The van der Waals surface area contributed by atoms with Gasteiger partial charge in [-0.25, -0.2) is 0 Å². The Morgan fingerprint density at radius 3 is 2.72 bits per heavy atom. The molecule has 3 heterocycles. The highest BCUT2D eigenvalue weighted by Crippen LogP contribution is 2.26. The minimum Gasteiger partial charge on any atom is -0.368 e. The van der Waals surface area contributed by atoms with Gasteiger partial charge in [0.25, 0.3) is 0 Å². The number of nitrogens with zero attached hydrogens (tertiary/aromatic N) is 3. The summed E-state index contributed by atoms with van der Waals surface area (Å²) >= 11 is 1.54. The third-order valence-electron chi connectivity index (χ3n) is 5.72. The quantitative estimate of drug-likeness (QED) is 0.454. The Morgan fingerprint density at radius 1 is 1.10 bits per heavy atom. The molecule has 0 aliphatic carbocycles. The lowest BCUT2D eigenvalue weighted by Crippen LogP contribution is -2.46. The molecule has 0 radical (unpaired) electrons. The molecule has 0 amide bonds. The summed E-state index contributed by atoms with van der Waals surface area (Å²) in [5.74, 6) is 0.0736. The number of aromatic nitrogens is 1. The molecule has 29 heavy (non-hydrogen) atoms. The Bertz CT molecular complexity index is 930. The van der Waals surface area contributed by atoms with Crippen LogP contribution < -0.4 is 10.6 Å². The lowest BCUT2D eigenvalue weighted by atomic mass is 10.0. The lowest BCUT2D eigenvalue weighted by Gasteiger charge is -2.36. The Kier molecular flexibility index (Phi) is 6.54. The number of carbonyl (C=O) groups is 1. The minimum absolute atomic E-state index is 0.0736. The van der Waals surface area contributed by atoms with Gasteiger partial charge in [-0.05, 0) is 43.0 Å². The number of anilines is 1. The monoisotopic (exact) mass is 408 g/mol. The molecule has 2 N–H and O–H groups in total. The standard InChI is InChI=1S/C23H28N4OS/c24-20(23(28)18-9-16-29-17-18)6-3-4-11-26-12-14-27(15-13-26)22-8-10-25-21-7-2-1-5-19(21)22/h1-2,5,7-10,16-17,20H,3-4,6,11-15,24H2. The summed E-state index contributed by atoms with van der Waals surface area (Å²) in [6.45, 7) is 5.27. The smallest absolute Gasteiger partial charge is 0.180 e. The van der Waals surface area contributed by atoms with Crippen molar-refractivity contribution in [1.29, 1.82) is 0 Å². The van der Waals surface area contributed by atoms with Crippen molar-refractivity contribution in [2.75, 3.05) is 37.6 Å². The normalized spacial score (nSPS) is 16.2. The molecule has 1 fully saturated rings. The first-order valence-electron chi connectivity index (χ1n) is 10.4. The number of fused-ring (bicyclic) bond motifs is 1. The van der Waals surface area contributed by atoms with Gasteiger partial charge in [0.1, 0.15) is 0 Å². The highest BCUT2D eigenvalue weighted by atomic mass is 32.1. The van der Waals surface area contributed by atoms with Crippen LogP contribution in [0.15, 0.2) is 53.4 Å². The third kappa shape index (κ3) is 4.83. The zero-order chi connectivity index (χ0) is 20.1. The average molecular weight is 409 g/mol. The molecule has 1 aliphatic rings. The van der Waals surface area contributed by atoms with E-state index >= 15 is 0 Å². The van der Waals surface area contributed by atoms with Gasteiger partial charge in [-0.3, -0.25) is 14.7 Å². The molecule has 1 atom stereocenters. The van der Waals surface area contributed by atoms with Gasteiger partial charge in [-0.2, -0.15) is 11.3 Å². The molecule has 1 saturated heterocycles. The summed E-state index contributed by atoms with van der Waals surface area (Å²) in [6.07, 6.45) is 4.75. The maximum absolute atomic E-state index is 12.2. The van der Waals surface area contributed by atoms with Crippen LogP contribution in [-0.4, -0.2) is 54.4 Å². The first kappa shape index (κ1) is 20.0. The first-order chi connectivity index (χ1) is 14.2. The number of ketones is 1. The number of Topliss-reactive ketones (excluding diaryl/α,β-unsaturated/α-hetero) is 1. The lowest BCUT2D eigenvalue weighted by molar-refractivity contribution is 0.0956. The van der Waals surface area contributed by atoms with E-state index in [1.165, 1.54) is 11.1 Å². The molecular formula is C23H28N4OS. The van der Waals surface area contributed by atoms with Crippen molar-refractivity contribution in [2.45, 2.75) is 25.3 Å². The van der Waals surface area contributed by atoms with Crippen LogP contribution in [0.1, 0.15) is 29.6 Å². The predicted octanol–water partition coefficient (Wildman–Crippen LogP) is 3.80. The maximum atomic E-state index is 12.2. The van der Waals surface area contributed by atoms with Crippen LogP contribution in [-0.2, 0) is 0 Å². The molecule has 3 aromatic rings. The number of hydrogen-bond acceptors (Lipinski definition) is 6. The highest BCUT2D eigenvalue weighted by Gasteiger charge is 2.19. The van der Waals surface area contributed by atoms with Gasteiger partial charge < -0.3 is 10.6 Å². The van der Waals surface area contributed by atoms with Crippen LogP contribution in [0.25, 0.3) is 10.9 Å². The molecule has 0 saturated carbocycles. The molecule has 6 heteroatoms. The number of hydrogen-bond donors (Lipinski definition) is 1. The molecule has 4 rings (SSSR count). The van der Waals surface area contributed by atoms with Crippen LogP contribution in [0, 0.1) is 0 Å². The van der Waals surface area contributed by atoms with E-state index in [1.54, 1.807) is 11.3 Å². The summed E-state index contributed by atoms with van der Waals surface area (Å²) in [5.41, 5.74) is 9.18. The van der Waals surface area contributed by atoms with E-state index in [9.17, 15) is 4.79 Å². The number of thiophene rings is 1. The van der Waals surface area contributed by atoms with Crippen molar-refractivity contribution in [1.82, 2.24) is 9.88 Å². The van der Waals surface area contributed by atoms with Crippen molar-refractivity contribution < 1.29 is 4.79 Å². The number of unbranched alkanes of at least 4 members (excludes halogenated alkanes) is 1.